The zero-order valence-corrected chi connectivity index (χ0v) is 14.1. The molecule has 5 nitrogen and oxygen atoms in total. The van der Waals surface area contributed by atoms with E-state index < -0.39 is 11.4 Å². The van der Waals surface area contributed by atoms with Crippen molar-refractivity contribution in [3.63, 3.8) is 0 Å². The summed E-state index contributed by atoms with van der Waals surface area (Å²) in [6, 6.07) is 13.9. The van der Waals surface area contributed by atoms with Crippen molar-refractivity contribution in [1.29, 1.82) is 0 Å². The summed E-state index contributed by atoms with van der Waals surface area (Å²) in [5.41, 5.74) is 0.619. The Labute approximate surface area is 144 Å². The molecule has 0 fully saturated rings. The van der Waals surface area contributed by atoms with Crippen molar-refractivity contribution in [3.05, 3.63) is 59.9 Å². The molecular weight excluding hydrogens is 321 g/mol. The number of benzene rings is 2. The van der Waals surface area contributed by atoms with E-state index in [4.69, 9.17) is 4.74 Å². The standard InChI is InChI=1S/C19H18FN3O2/c1-19(25-2,13-7-3-4-8-14(13)20)17(24)23-12-11-22-16-10-6-5-9-15(16)21-18(22)23/h3-10H,11-12H2,1-2H3/t19-/m0/s1. The minimum absolute atomic E-state index is 0.220. The van der Waals surface area contributed by atoms with Crippen molar-refractivity contribution in [2.45, 2.75) is 19.1 Å². The van der Waals surface area contributed by atoms with Crippen molar-refractivity contribution in [2.24, 2.45) is 0 Å². The first-order chi connectivity index (χ1) is 12.1. The maximum Gasteiger partial charge on any atom is 0.266 e. The average molecular weight is 339 g/mol. The largest absolute Gasteiger partial charge is 0.364 e. The molecule has 0 bridgehead atoms. The van der Waals surface area contributed by atoms with E-state index in [1.165, 1.54) is 13.2 Å². The number of aromatic nitrogens is 2. The maximum absolute atomic E-state index is 14.3. The summed E-state index contributed by atoms with van der Waals surface area (Å²) in [5, 5.41) is 0. The molecule has 2 heterocycles. The molecule has 0 saturated carbocycles. The molecule has 0 unspecified atom stereocenters. The van der Waals surface area contributed by atoms with Crippen LogP contribution in [0, 0.1) is 5.82 Å². The van der Waals surface area contributed by atoms with Gasteiger partial charge in [0.15, 0.2) is 5.60 Å². The third-order valence-electron chi connectivity index (χ3n) is 4.87. The molecule has 0 N–H and O–H groups in total. The molecule has 0 saturated heterocycles. The quantitative estimate of drug-likeness (QED) is 0.737. The Morgan fingerprint density at radius 1 is 1.16 bits per heavy atom. The van der Waals surface area contributed by atoms with Gasteiger partial charge in [-0.2, -0.15) is 0 Å². The third-order valence-corrected chi connectivity index (χ3v) is 4.87. The van der Waals surface area contributed by atoms with Gasteiger partial charge in [-0.15, -0.1) is 0 Å². The maximum atomic E-state index is 14.3. The number of amides is 1. The van der Waals surface area contributed by atoms with Crippen LogP contribution in [-0.4, -0.2) is 29.1 Å². The van der Waals surface area contributed by atoms with Crippen molar-refractivity contribution in [2.75, 3.05) is 18.6 Å². The molecule has 6 heteroatoms. The highest BCUT2D eigenvalue weighted by molar-refractivity contribution is 6.00. The summed E-state index contributed by atoms with van der Waals surface area (Å²) < 4.78 is 21.8. The highest BCUT2D eigenvalue weighted by atomic mass is 19.1. The van der Waals surface area contributed by atoms with Gasteiger partial charge in [-0.05, 0) is 25.1 Å². The molecular formula is C19H18FN3O2. The Balaban J connectivity index is 1.78. The fraction of sp³-hybridized carbons (Fsp3) is 0.263. The lowest BCUT2D eigenvalue weighted by atomic mass is 9.93. The molecule has 128 valence electrons. The molecule has 3 aromatic rings. The molecule has 1 aliphatic rings. The molecule has 1 aliphatic heterocycles. The molecule has 0 radical (unpaired) electrons. The number of rotatable bonds is 3. The Kier molecular flexibility index (Phi) is 3.58. The van der Waals surface area contributed by atoms with Crippen LogP contribution in [0.15, 0.2) is 48.5 Å². The van der Waals surface area contributed by atoms with Gasteiger partial charge in [0.1, 0.15) is 5.82 Å². The fourth-order valence-corrected chi connectivity index (χ4v) is 3.40. The lowest BCUT2D eigenvalue weighted by Crippen LogP contribution is -2.46. The fourth-order valence-electron chi connectivity index (χ4n) is 3.40. The zero-order valence-electron chi connectivity index (χ0n) is 14.1. The smallest absolute Gasteiger partial charge is 0.266 e. The predicted octanol–water partition coefficient (Wildman–Crippen LogP) is 3.08. The van der Waals surface area contributed by atoms with E-state index in [0.29, 0.717) is 19.0 Å². The highest BCUT2D eigenvalue weighted by Crippen LogP contribution is 2.34. The zero-order chi connectivity index (χ0) is 17.6. The Hall–Kier alpha value is -2.73. The van der Waals surface area contributed by atoms with Crippen LogP contribution >= 0.6 is 0 Å². The lowest BCUT2D eigenvalue weighted by Gasteiger charge is -2.31. The normalized spacial score (nSPS) is 16.0. The first-order valence-corrected chi connectivity index (χ1v) is 8.13. The van der Waals surface area contributed by atoms with Crippen LogP contribution in [0.5, 0.6) is 0 Å². The van der Waals surface area contributed by atoms with Gasteiger partial charge in [0.2, 0.25) is 5.95 Å². The van der Waals surface area contributed by atoms with Crippen molar-refractivity contribution in [3.8, 4) is 0 Å². The average Bonchev–Trinajstić information content (AvgIpc) is 3.20. The second-order valence-corrected chi connectivity index (χ2v) is 6.23. The molecule has 1 atom stereocenters. The van der Waals surface area contributed by atoms with Gasteiger partial charge in [-0.25, -0.2) is 9.37 Å². The summed E-state index contributed by atoms with van der Waals surface area (Å²) >= 11 is 0. The lowest BCUT2D eigenvalue weighted by molar-refractivity contribution is -0.140. The number of halogens is 1. The summed E-state index contributed by atoms with van der Waals surface area (Å²) in [4.78, 5) is 19.4. The van der Waals surface area contributed by atoms with Gasteiger partial charge >= 0.3 is 0 Å². The van der Waals surface area contributed by atoms with Gasteiger partial charge in [0.25, 0.3) is 5.91 Å². The van der Waals surface area contributed by atoms with Crippen LogP contribution in [0.1, 0.15) is 12.5 Å². The van der Waals surface area contributed by atoms with E-state index >= 15 is 0 Å². The van der Waals surface area contributed by atoms with E-state index in [-0.39, 0.29) is 11.5 Å². The SMILES string of the molecule is CO[C@](C)(C(=O)N1CCn2c1nc1ccccc12)c1ccccc1F. The van der Waals surface area contributed by atoms with Crippen LogP contribution in [0.4, 0.5) is 10.3 Å². The summed E-state index contributed by atoms with van der Waals surface area (Å²) in [6.45, 7) is 2.73. The Morgan fingerprint density at radius 3 is 2.64 bits per heavy atom. The predicted molar refractivity (Wildman–Crippen MR) is 92.8 cm³/mol. The molecule has 4 rings (SSSR count). The minimum Gasteiger partial charge on any atom is -0.364 e. The number of anilines is 1. The van der Waals surface area contributed by atoms with E-state index in [1.54, 1.807) is 30.0 Å². The number of hydrogen-bond acceptors (Lipinski definition) is 3. The molecule has 0 aliphatic carbocycles. The van der Waals surface area contributed by atoms with E-state index in [2.05, 4.69) is 4.98 Å². The Morgan fingerprint density at radius 2 is 1.88 bits per heavy atom. The molecule has 0 spiro atoms. The second kappa shape index (κ2) is 5.67. The molecule has 1 aromatic heterocycles. The van der Waals surface area contributed by atoms with Gasteiger partial charge in [-0.1, -0.05) is 30.3 Å². The van der Waals surface area contributed by atoms with Crippen molar-refractivity contribution >= 4 is 22.9 Å². The number of fused-ring (bicyclic) bond motifs is 3. The molecule has 2 aromatic carbocycles. The van der Waals surface area contributed by atoms with E-state index in [0.717, 1.165) is 11.0 Å². The van der Waals surface area contributed by atoms with Gasteiger partial charge in [0.05, 0.1) is 11.0 Å². The second-order valence-electron chi connectivity index (χ2n) is 6.23. The van der Waals surface area contributed by atoms with Crippen LogP contribution in [0.25, 0.3) is 11.0 Å². The number of methoxy groups -OCH3 is 1. The highest BCUT2D eigenvalue weighted by Gasteiger charge is 2.43. The third kappa shape index (κ3) is 2.25. The molecule has 1 amide bonds. The van der Waals surface area contributed by atoms with E-state index in [9.17, 15) is 9.18 Å². The van der Waals surface area contributed by atoms with Crippen LogP contribution in [0.2, 0.25) is 0 Å². The topological polar surface area (TPSA) is 47.4 Å². The minimum atomic E-state index is -1.42. The van der Waals surface area contributed by atoms with Crippen LogP contribution in [0.3, 0.4) is 0 Å². The number of nitrogens with zero attached hydrogens (tertiary/aromatic N) is 3. The first-order valence-electron chi connectivity index (χ1n) is 8.13. The number of carbonyl (C=O) groups is 1. The van der Waals surface area contributed by atoms with Gasteiger partial charge in [-0.3, -0.25) is 9.69 Å². The number of carbonyl (C=O) groups excluding carboxylic acids is 1. The van der Waals surface area contributed by atoms with Gasteiger partial charge in [0, 0.05) is 25.8 Å². The number of imidazole rings is 1. The number of ether oxygens (including phenoxy) is 1. The Bertz CT molecular complexity index is 968. The van der Waals surface area contributed by atoms with E-state index in [1.807, 2.05) is 28.8 Å². The van der Waals surface area contributed by atoms with Crippen LogP contribution in [-0.2, 0) is 21.7 Å². The van der Waals surface area contributed by atoms with Gasteiger partial charge < -0.3 is 9.30 Å². The van der Waals surface area contributed by atoms with Crippen LogP contribution < -0.4 is 4.90 Å². The monoisotopic (exact) mass is 339 g/mol. The molecule has 25 heavy (non-hydrogen) atoms. The number of para-hydroxylation sites is 2. The summed E-state index contributed by atoms with van der Waals surface area (Å²) in [6.07, 6.45) is 0. The van der Waals surface area contributed by atoms with Crippen molar-refractivity contribution < 1.29 is 13.9 Å². The summed E-state index contributed by atoms with van der Waals surface area (Å²) in [5.74, 6) is -0.215. The number of hydrogen-bond donors (Lipinski definition) is 0. The summed E-state index contributed by atoms with van der Waals surface area (Å²) in [7, 11) is 1.42. The first kappa shape index (κ1) is 15.8. The van der Waals surface area contributed by atoms with Crippen molar-refractivity contribution in [1.82, 2.24) is 9.55 Å².